The SMILES string of the molecule is COc1ccc(/C=C/C(=O)Nc2sc3c(c2C(=O)O)CC(C)(C)OC3)cc1. The van der Waals surface area contributed by atoms with Crippen LogP contribution in [0.4, 0.5) is 5.00 Å². The summed E-state index contributed by atoms with van der Waals surface area (Å²) in [5, 5.41) is 12.7. The number of carboxylic acids is 1. The third-order valence-corrected chi connectivity index (χ3v) is 5.40. The molecule has 142 valence electrons. The first-order chi connectivity index (χ1) is 12.8. The van der Waals surface area contributed by atoms with Crippen molar-refractivity contribution in [1.29, 1.82) is 0 Å². The molecule has 1 aromatic carbocycles. The van der Waals surface area contributed by atoms with Crippen molar-refractivity contribution in [3.05, 3.63) is 51.9 Å². The van der Waals surface area contributed by atoms with Crippen molar-refractivity contribution in [1.82, 2.24) is 0 Å². The molecular weight excluding hydrogens is 366 g/mol. The number of anilines is 1. The molecule has 3 rings (SSSR count). The molecule has 2 heterocycles. The van der Waals surface area contributed by atoms with Gasteiger partial charge in [0.2, 0.25) is 5.91 Å². The van der Waals surface area contributed by atoms with Gasteiger partial charge < -0.3 is 19.9 Å². The average Bonchev–Trinajstić information content (AvgIpc) is 2.96. The molecule has 0 saturated carbocycles. The number of nitrogens with one attached hydrogen (secondary N) is 1. The summed E-state index contributed by atoms with van der Waals surface area (Å²) in [6.07, 6.45) is 3.54. The van der Waals surface area contributed by atoms with Gasteiger partial charge in [-0.15, -0.1) is 11.3 Å². The summed E-state index contributed by atoms with van der Waals surface area (Å²) in [6.45, 7) is 4.20. The van der Waals surface area contributed by atoms with Crippen molar-refractivity contribution < 1.29 is 24.2 Å². The van der Waals surface area contributed by atoms with Gasteiger partial charge in [-0.1, -0.05) is 12.1 Å². The summed E-state index contributed by atoms with van der Waals surface area (Å²) in [4.78, 5) is 24.9. The third-order valence-electron chi connectivity index (χ3n) is 4.28. The van der Waals surface area contributed by atoms with E-state index in [2.05, 4.69) is 5.32 Å². The maximum atomic E-state index is 12.3. The number of ether oxygens (including phenoxy) is 2. The molecule has 2 N–H and O–H groups in total. The lowest BCUT2D eigenvalue weighted by Crippen LogP contribution is -2.31. The quantitative estimate of drug-likeness (QED) is 0.759. The number of rotatable bonds is 5. The van der Waals surface area contributed by atoms with Crippen molar-refractivity contribution in [3.8, 4) is 5.75 Å². The Bertz CT molecular complexity index is 896. The minimum absolute atomic E-state index is 0.164. The number of carbonyl (C=O) groups is 2. The van der Waals surface area contributed by atoms with E-state index < -0.39 is 11.6 Å². The highest BCUT2D eigenvalue weighted by Crippen LogP contribution is 2.40. The van der Waals surface area contributed by atoms with Gasteiger partial charge in [-0.3, -0.25) is 4.79 Å². The zero-order valence-electron chi connectivity index (χ0n) is 15.4. The fraction of sp³-hybridized carbons (Fsp3) is 0.300. The molecule has 6 nitrogen and oxygen atoms in total. The van der Waals surface area contributed by atoms with Crippen LogP contribution in [0.2, 0.25) is 0 Å². The molecule has 2 aromatic rings. The van der Waals surface area contributed by atoms with E-state index in [1.807, 2.05) is 26.0 Å². The number of carbonyl (C=O) groups excluding carboxylic acids is 1. The summed E-state index contributed by atoms with van der Waals surface area (Å²) in [6, 6.07) is 7.26. The molecule has 0 radical (unpaired) electrons. The van der Waals surface area contributed by atoms with Gasteiger partial charge >= 0.3 is 5.97 Å². The maximum absolute atomic E-state index is 12.3. The summed E-state index contributed by atoms with van der Waals surface area (Å²) in [5.74, 6) is -0.691. The van der Waals surface area contributed by atoms with Gasteiger partial charge in [0.15, 0.2) is 0 Å². The molecule has 1 aliphatic rings. The minimum atomic E-state index is -1.04. The van der Waals surface area contributed by atoms with Crippen LogP contribution < -0.4 is 10.1 Å². The summed E-state index contributed by atoms with van der Waals surface area (Å²) < 4.78 is 10.8. The predicted molar refractivity (Wildman–Crippen MR) is 105 cm³/mol. The number of hydrogen-bond donors (Lipinski definition) is 2. The lowest BCUT2D eigenvalue weighted by Gasteiger charge is -2.30. The fourth-order valence-electron chi connectivity index (χ4n) is 2.91. The topological polar surface area (TPSA) is 84.9 Å². The summed E-state index contributed by atoms with van der Waals surface area (Å²) in [7, 11) is 1.59. The van der Waals surface area contributed by atoms with E-state index in [4.69, 9.17) is 9.47 Å². The maximum Gasteiger partial charge on any atom is 0.339 e. The first kappa shape index (κ1) is 19.1. The van der Waals surface area contributed by atoms with Gasteiger partial charge in [0.05, 0.1) is 24.9 Å². The van der Waals surface area contributed by atoms with Crippen LogP contribution in [0, 0.1) is 0 Å². The fourth-order valence-corrected chi connectivity index (χ4v) is 4.03. The third kappa shape index (κ3) is 4.37. The smallest absolute Gasteiger partial charge is 0.339 e. The van der Waals surface area contributed by atoms with Gasteiger partial charge in [-0.05, 0) is 43.2 Å². The number of hydrogen-bond acceptors (Lipinski definition) is 5. The van der Waals surface area contributed by atoms with Crippen LogP contribution in [0.15, 0.2) is 30.3 Å². The molecule has 0 atom stereocenters. The van der Waals surface area contributed by atoms with E-state index in [-0.39, 0.29) is 11.5 Å². The molecule has 27 heavy (non-hydrogen) atoms. The Hall–Kier alpha value is -2.64. The molecular formula is C20H21NO5S. The number of benzene rings is 1. The van der Waals surface area contributed by atoms with Crippen LogP contribution in [0.3, 0.4) is 0 Å². The Labute approximate surface area is 161 Å². The monoisotopic (exact) mass is 387 g/mol. The Morgan fingerprint density at radius 1 is 1.30 bits per heavy atom. The van der Waals surface area contributed by atoms with Crippen molar-refractivity contribution in [2.75, 3.05) is 12.4 Å². The summed E-state index contributed by atoms with van der Waals surface area (Å²) in [5.41, 5.74) is 1.33. The largest absolute Gasteiger partial charge is 0.497 e. The first-order valence-corrected chi connectivity index (χ1v) is 9.25. The van der Waals surface area contributed by atoms with E-state index in [1.54, 1.807) is 25.3 Å². The Morgan fingerprint density at radius 2 is 2.00 bits per heavy atom. The molecule has 1 aromatic heterocycles. The molecule has 0 bridgehead atoms. The van der Waals surface area contributed by atoms with E-state index >= 15 is 0 Å². The Balaban J connectivity index is 1.78. The molecule has 0 fully saturated rings. The van der Waals surface area contributed by atoms with Gasteiger partial charge in [-0.2, -0.15) is 0 Å². The molecule has 0 unspecified atom stereocenters. The average molecular weight is 387 g/mol. The molecule has 1 aliphatic heterocycles. The van der Waals surface area contributed by atoms with Gasteiger partial charge in [-0.25, -0.2) is 4.79 Å². The van der Waals surface area contributed by atoms with Gasteiger partial charge in [0, 0.05) is 17.4 Å². The molecule has 0 saturated heterocycles. The normalized spacial score (nSPS) is 15.4. The van der Waals surface area contributed by atoms with Gasteiger partial charge in [0.25, 0.3) is 0 Å². The highest BCUT2D eigenvalue weighted by atomic mass is 32.1. The lowest BCUT2D eigenvalue weighted by molar-refractivity contribution is -0.111. The van der Waals surface area contributed by atoms with Crippen LogP contribution in [-0.4, -0.2) is 29.7 Å². The number of thiophene rings is 1. The van der Waals surface area contributed by atoms with E-state index in [0.29, 0.717) is 18.0 Å². The van der Waals surface area contributed by atoms with E-state index in [9.17, 15) is 14.7 Å². The first-order valence-electron chi connectivity index (χ1n) is 8.44. The standard InChI is InChI=1S/C20H21NO5S/c1-20(2)10-14-15(11-26-20)27-18(17(14)19(23)24)21-16(22)9-6-12-4-7-13(25-3)8-5-12/h4-9H,10-11H2,1-3H3,(H,21,22)(H,23,24)/b9-6+. The highest BCUT2D eigenvalue weighted by molar-refractivity contribution is 7.17. The Morgan fingerprint density at radius 3 is 2.63 bits per heavy atom. The van der Waals surface area contributed by atoms with E-state index in [1.165, 1.54) is 17.4 Å². The van der Waals surface area contributed by atoms with Crippen LogP contribution >= 0.6 is 11.3 Å². The van der Waals surface area contributed by atoms with Crippen molar-refractivity contribution >= 4 is 34.3 Å². The Kier molecular flexibility index (Phi) is 5.34. The van der Waals surface area contributed by atoms with Crippen molar-refractivity contribution in [3.63, 3.8) is 0 Å². The number of aromatic carboxylic acids is 1. The second-order valence-corrected chi connectivity index (χ2v) is 7.94. The zero-order valence-corrected chi connectivity index (χ0v) is 16.2. The van der Waals surface area contributed by atoms with Crippen LogP contribution in [-0.2, 0) is 22.6 Å². The second-order valence-electron chi connectivity index (χ2n) is 6.83. The van der Waals surface area contributed by atoms with Crippen LogP contribution in [0.25, 0.3) is 6.08 Å². The second kappa shape index (κ2) is 7.54. The van der Waals surface area contributed by atoms with E-state index in [0.717, 1.165) is 21.8 Å². The number of fused-ring (bicyclic) bond motifs is 1. The number of carboxylic acid groups (broad SMARTS) is 1. The number of amides is 1. The van der Waals surface area contributed by atoms with Crippen LogP contribution in [0.5, 0.6) is 5.75 Å². The zero-order chi connectivity index (χ0) is 19.6. The van der Waals surface area contributed by atoms with Crippen molar-refractivity contribution in [2.45, 2.75) is 32.5 Å². The predicted octanol–water partition coefficient (Wildman–Crippen LogP) is 3.96. The highest BCUT2D eigenvalue weighted by Gasteiger charge is 2.33. The molecule has 0 aliphatic carbocycles. The lowest BCUT2D eigenvalue weighted by atomic mass is 9.93. The van der Waals surface area contributed by atoms with Crippen LogP contribution in [0.1, 0.15) is 40.2 Å². The molecule has 7 heteroatoms. The number of methoxy groups -OCH3 is 1. The molecule has 1 amide bonds. The van der Waals surface area contributed by atoms with Crippen molar-refractivity contribution in [2.24, 2.45) is 0 Å². The molecule has 0 spiro atoms. The summed E-state index contributed by atoms with van der Waals surface area (Å²) >= 11 is 1.26. The minimum Gasteiger partial charge on any atom is -0.497 e. The van der Waals surface area contributed by atoms with Gasteiger partial charge in [0.1, 0.15) is 10.8 Å².